The summed E-state index contributed by atoms with van der Waals surface area (Å²) in [5, 5.41) is 20.4. The predicted octanol–water partition coefficient (Wildman–Crippen LogP) is 2.63. The van der Waals surface area contributed by atoms with Crippen molar-refractivity contribution in [3.63, 3.8) is 0 Å². The van der Waals surface area contributed by atoms with Crippen LogP contribution >= 0.6 is 31.9 Å². The molecule has 0 amide bonds. The van der Waals surface area contributed by atoms with Gasteiger partial charge in [0.2, 0.25) is 0 Å². The molecule has 3 nitrogen and oxygen atoms in total. The molecule has 0 fully saturated rings. The van der Waals surface area contributed by atoms with Gasteiger partial charge in [-0.2, -0.15) is 0 Å². The second-order valence-corrected chi connectivity index (χ2v) is 5.23. The van der Waals surface area contributed by atoms with Crippen LogP contribution in [-0.4, -0.2) is 29.3 Å². The van der Waals surface area contributed by atoms with E-state index in [0.717, 1.165) is 5.56 Å². The fourth-order valence-electron chi connectivity index (χ4n) is 1.17. The molecule has 3 N–H and O–H groups in total. The zero-order chi connectivity index (χ0) is 13.1. The number of aliphatic hydroxyl groups excluding tert-OH is 1. The number of hydrogen-bond acceptors (Lipinski definition) is 3. The molecule has 0 saturated heterocycles. The van der Waals surface area contributed by atoms with E-state index in [0.29, 0.717) is 8.95 Å². The van der Waals surface area contributed by atoms with Gasteiger partial charge in [-0.1, -0.05) is 0 Å². The lowest BCUT2D eigenvalue weighted by molar-refractivity contribution is -0.0477. The molecule has 17 heavy (non-hydrogen) atoms. The number of phenolic OH excluding ortho intramolecular Hbond substituents is 1. The third-order valence-corrected chi connectivity index (χ3v) is 3.23. The van der Waals surface area contributed by atoms with Gasteiger partial charge in [0.15, 0.2) is 0 Å². The highest BCUT2D eigenvalue weighted by atomic mass is 79.9. The van der Waals surface area contributed by atoms with Crippen molar-refractivity contribution in [3.8, 4) is 5.75 Å². The normalized spacial score (nSPS) is 11.8. The van der Waals surface area contributed by atoms with E-state index in [9.17, 15) is 13.9 Å². The minimum atomic E-state index is -3.12. The van der Waals surface area contributed by atoms with Gasteiger partial charge in [0.25, 0.3) is 5.92 Å². The first-order chi connectivity index (χ1) is 7.85. The van der Waals surface area contributed by atoms with Gasteiger partial charge in [0.05, 0.1) is 15.5 Å². The Morgan fingerprint density at radius 3 is 2.24 bits per heavy atom. The maximum atomic E-state index is 12.7. The van der Waals surface area contributed by atoms with Crippen LogP contribution < -0.4 is 5.32 Å². The number of nitrogens with one attached hydrogen (secondary N) is 1. The van der Waals surface area contributed by atoms with Crippen molar-refractivity contribution in [2.24, 2.45) is 0 Å². The van der Waals surface area contributed by atoms with Gasteiger partial charge in [-0.25, -0.2) is 8.78 Å². The van der Waals surface area contributed by atoms with Crippen molar-refractivity contribution in [3.05, 3.63) is 26.6 Å². The van der Waals surface area contributed by atoms with E-state index >= 15 is 0 Å². The standard InChI is InChI=1S/C10H11Br2F2NO2/c11-7-1-6(2-8(12)9(7)17)3-15-4-10(13,14)5-16/h1-2,15-17H,3-5H2. The molecule has 7 heteroatoms. The molecule has 0 radical (unpaired) electrons. The molecule has 0 heterocycles. The van der Waals surface area contributed by atoms with Crippen LogP contribution in [0.2, 0.25) is 0 Å². The number of benzene rings is 1. The largest absolute Gasteiger partial charge is 0.506 e. The number of phenols is 1. The summed E-state index contributed by atoms with van der Waals surface area (Å²) in [6, 6.07) is 3.26. The molecule has 1 aromatic rings. The van der Waals surface area contributed by atoms with Crippen molar-refractivity contribution in [2.45, 2.75) is 12.5 Å². The van der Waals surface area contributed by atoms with E-state index in [1.54, 1.807) is 12.1 Å². The molecule has 0 spiro atoms. The van der Waals surface area contributed by atoms with Gasteiger partial charge in [-0.3, -0.25) is 0 Å². The van der Waals surface area contributed by atoms with Crippen LogP contribution in [0.1, 0.15) is 5.56 Å². The Morgan fingerprint density at radius 2 is 1.76 bits per heavy atom. The highest BCUT2D eigenvalue weighted by Crippen LogP contribution is 2.33. The van der Waals surface area contributed by atoms with Crippen LogP contribution in [-0.2, 0) is 6.54 Å². The van der Waals surface area contributed by atoms with Gasteiger partial charge in [0, 0.05) is 6.54 Å². The Balaban J connectivity index is 2.59. The van der Waals surface area contributed by atoms with E-state index in [4.69, 9.17) is 5.11 Å². The third-order valence-electron chi connectivity index (χ3n) is 2.02. The Morgan fingerprint density at radius 1 is 1.24 bits per heavy atom. The average Bonchev–Trinajstić information content (AvgIpc) is 2.25. The molecule has 0 saturated carbocycles. The first-order valence-electron chi connectivity index (χ1n) is 4.72. The second kappa shape index (κ2) is 6.08. The lowest BCUT2D eigenvalue weighted by atomic mass is 10.2. The predicted molar refractivity (Wildman–Crippen MR) is 67.2 cm³/mol. The Hall–Kier alpha value is -0.240. The van der Waals surface area contributed by atoms with E-state index < -0.39 is 19.1 Å². The molecule has 0 bridgehead atoms. The highest BCUT2D eigenvalue weighted by molar-refractivity contribution is 9.11. The molecule has 0 aliphatic heterocycles. The minimum Gasteiger partial charge on any atom is -0.506 e. The molecule has 1 rings (SSSR count). The van der Waals surface area contributed by atoms with Gasteiger partial charge in [0.1, 0.15) is 12.4 Å². The second-order valence-electron chi connectivity index (χ2n) is 3.53. The van der Waals surface area contributed by atoms with Gasteiger partial charge >= 0.3 is 0 Å². The van der Waals surface area contributed by atoms with Crippen molar-refractivity contribution in [1.82, 2.24) is 5.32 Å². The topological polar surface area (TPSA) is 52.5 Å². The van der Waals surface area contributed by atoms with Crippen molar-refractivity contribution < 1.29 is 19.0 Å². The van der Waals surface area contributed by atoms with Crippen LogP contribution in [0.25, 0.3) is 0 Å². The van der Waals surface area contributed by atoms with Crippen LogP contribution in [0, 0.1) is 0 Å². The molecular weight excluding hydrogens is 364 g/mol. The summed E-state index contributed by atoms with van der Waals surface area (Å²) in [5.41, 5.74) is 0.732. The Labute approximate surface area is 114 Å². The summed E-state index contributed by atoms with van der Waals surface area (Å²) >= 11 is 6.29. The molecule has 0 unspecified atom stereocenters. The van der Waals surface area contributed by atoms with E-state index in [-0.39, 0.29) is 12.3 Å². The molecule has 0 aromatic heterocycles. The van der Waals surface area contributed by atoms with Crippen molar-refractivity contribution >= 4 is 31.9 Å². The maximum Gasteiger partial charge on any atom is 0.282 e. The first-order valence-corrected chi connectivity index (χ1v) is 6.30. The van der Waals surface area contributed by atoms with Crippen LogP contribution in [0.5, 0.6) is 5.75 Å². The Kier molecular flexibility index (Phi) is 5.30. The van der Waals surface area contributed by atoms with Gasteiger partial charge in [-0.05, 0) is 49.6 Å². The number of rotatable bonds is 5. The van der Waals surface area contributed by atoms with Gasteiger partial charge in [-0.15, -0.1) is 0 Å². The lowest BCUT2D eigenvalue weighted by Gasteiger charge is -2.14. The Bertz CT molecular complexity index is 379. The summed E-state index contributed by atoms with van der Waals surface area (Å²) in [7, 11) is 0. The number of halogens is 4. The number of hydrogen-bond donors (Lipinski definition) is 3. The summed E-state index contributed by atoms with van der Waals surface area (Å²) in [4.78, 5) is 0. The smallest absolute Gasteiger partial charge is 0.282 e. The SMILES string of the molecule is OCC(F)(F)CNCc1cc(Br)c(O)c(Br)c1. The fraction of sp³-hybridized carbons (Fsp3) is 0.400. The average molecular weight is 375 g/mol. The molecule has 0 aliphatic rings. The maximum absolute atomic E-state index is 12.7. The zero-order valence-electron chi connectivity index (χ0n) is 8.68. The monoisotopic (exact) mass is 373 g/mol. The molecular formula is C10H11Br2F2NO2. The molecule has 0 aliphatic carbocycles. The molecule has 0 atom stereocenters. The minimum absolute atomic E-state index is 0.0643. The highest BCUT2D eigenvalue weighted by Gasteiger charge is 2.26. The van der Waals surface area contributed by atoms with Crippen LogP contribution in [0.3, 0.4) is 0 Å². The number of alkyl halides is 2. The van der Waals surface area contributed by atoms with Gasteiger partial charge < -0.3 is 15.5 Å². The quantitative estimate of drug-likeness (QED) is 0.742. The molecule has 96 valence electrons. The number of aromatic hydroxyl groups is 1. The molecule has 1 aromatic carbocycles. The summed E-state index contributed by atoms with van der Waals surface area (Å²) < 4.78 is 26.4. The van der Waals surface area contributed by atoms with Crippen molar-refractivity contribution in [2.75, 3.05) is 13.2 Å². The zero-order valence-corrected chi connectivity index (χ0v) is 11.9. The van der Waals surface area contributed by atoms with Crippen LogP contribution in [0.15, 0.2) is 21.1 Å². The lowest BCUT2D eigenvalue weighted by Crippen LogP contribution is -2.35. The third kappa shape index (κ3) is 4.50. The first kappa shape index (κ1) is 14.8. The number of aliphatic hydroxyl groups is 1. The summed E-state index contributed by atoms with van der Waals surface area (Å²) in [6.45, 7) is -1.56. The van der Waals surface area contributed by atoms with E-state index in [2.05, 4.69) is 37.2 Å². The van der Waals surface area contributed by atoms with E-state index in [1.165, 1.54) is 0 Å². The van der Waals surface area contributed by atoms with E-state index in [1.807, 2.05) is 0 Å². The van der Waals surface area contributed by atoms with Crippen LogP contribution in [0.4, 0.5) is 8.78 Å². The summed E-state index contributed by atoms with van der Waals surface area (Å²) in [6.07, 6.45) is 0. The summed E-state index contributed by atoms with van der Waals surface area (Å²) in [5.74, 6) is -3.06. The fourth-order valence-corrected chi connectivity index (χ4v) is 2.45. The van der Waals surface area contributed by atoms with Crippen molar-refractivity contribution in [1.29, 1.82) is 0 Å².